The lowest BCUT2D eigenvalue weighted by atomic mass is 9.93. The molecular formula is C23H25NO3. The maximum absolute atomic E-state index is 12.0. The number of aryl methyl sites for hydroxylation is 2. The Morgan fingerprint density at radius 1 is 0.963 bits per heavy atom. The molecule has 2 aromatic rings. The van der Waals surface area contributed by atoms with Gasteiger partial charge in [-0.05, 0) is 47.1 Å². The Hall–Kier alpha value is -2.88. The van der Waals surface area contributed by atoms with Crippen LogP contribution in [0.15, 0.2) is 54.6 Å². The fraction of sp³-hybridized carbons (Fsp3) is 0.304. The van der Waals surface area contributed by atoms with Crippen molar-refractivity contribution in [1.29, 1.82) is 0 Å². The Labute approximate surface area is 160 Å². The Bertz CT molecular complexity index is 820. The quantitative estimate of drug-likeness (QED) is 0.846. The van der Waals surface area contributed by atoms with Crippen LogP contribution in [0.3, 0.4) is 0 Å². The van der Waals surface area contributed by atoms with E-state index in [0.29, 0.717) is 6.54 Å². The first kappa shape index (κ1) is 18.9. The summed E-state index contributed by atoms with van der Waals surface area (Å²) in [6, 6.07) is 17.0. The fourth-order valence-electron chi connectivity index (χ4n) is 3.57. The van der Waals surface area contributed by atoms with E-state index in [0.717, 1.165) is 19.3 Å². The van der Waals surface area contributed by atoms with Gasteiger partial charge in [0, 0.05) is 20.0 Å². The monoisotopic (exact) mass is 363 g/mol. The molecule has 27 heavy (non-hydrogen) atoms. The molecule has 0 saturated carbocycles. The van der Waals surface area contributed by atoms with Crippen LogP contribution in [-0.4, -0.2) is 35.5 Å². The molecule has 0 saturated heterocycles. The van der Waals surface area contributed by atoms with Gasteiger partial charge in [-0.3, -0.25) is 9.59 Å². The zero-order valence-electron chi connectivity index (χ0n) is 15.6. The van der Waals surface area contributed by atoms with E-state index >= 15 is 0 Å². The van der Waals surface area contributed by atoms with Crippen LogP contribution in [0.1, 0.15) is 41.5 Å². The Balaban J connectivity index is 1.79. The second-order valence-corrected chi connectivity index (χ2v) is 6.93. The maximum atomic E-state index is 12.0. The van der Waals surface area contributed by atoms with Gasteiger partial charge in [-0.25, -0.2) is 0 Å². The lowest BCUT2D eigenvalue weighted by molar-refractivity contribution is -0.140. The fourth-order valence-corrected chi connectivity index (χ4v) is 3.57. The van der Waals surface area contributed by atoms with Gasteiger partial charge in [-0.15, -0.1) is 0 Å². The molecule has 0 heterocycles. The average Bonchev–Trinajstić information content (AvgIpc) is 2.83. The number of fused-ring (bicyclic) bond motifs is 2. The van der Waals surface area contributed by atoms with Crippen molar-refractivity contribution in [3.63, 3.8) is 0 Å². The van der Waals surface area contributed by atoms with Gasteiger partial charge in [0.25, 0.3) is 0 Å². The summed E-state index contributed by atoms with van der Waals surface area (Å²) in [7, 11) is 1.73. The Kier molecular flexibility index (Phi) is 6.07. The van der Waals surface area contributed by atoms with Crippen LogP contribution in [0.2, 0.25) is 0 Å². The van der Waals surface area contributed by atoms with Crippen LogP contribution in [0.4, 0.5) is 0 Å². The first-order valence-electron chi connectivity index (χ1n) is 9.38. The molecule has 2 aromatic carbocycles. The van der Waals surface area contributed by atoms with Gasteiger partial charge in [0.05, 0.1) is 6.42 Å². The predicted octanol–water partition coefficient (Wildman–Crippen LogP) is 3.93. The highest BCUT2D eigenvalue weighted by molar-refractivity contribution is 5.84. The number of hydrogen-bond donors (Lipinski definition) is 1. The second-order valence-electron chi connectivity index (χ2n) is 6.93. The van der Waals surface area contributed by atoms with E-state index in [9.17, 15) is 9.59 Å². The van der Waals surface area contributed by atoms with Crippen LogP contribution in [0, 0.1) is 0 Å². The summed E-state index contributed by atoms with van der Waals surface area (Å²) < 4.78 is 0. The number of benzene rings is 2. The van der Waals surface area contributed by atoms with Crippen LogP contribution < -0.4 is 0 Å². The highest BCUT2D eigenvalue weighted by Crippen LogP contribution is 2.33. The van der Waals surface area contributed by atoms with Crippen molar-refractivity contribution in [1.82, 2.24) is 4.90 Å². The van der Waals surface area contributed by atoms with E-state index in [2.05, 4.69) is 54.6 Å². The molecule has 1 amide bonds. The number of aliphatic carboxylic acids is 1. The summed E-state index contributed by atoms with van der Waals surface area (Å²) in [5.41, 5.74) is 6.46. The van der Waals surface area contributed by atoms with Gasteiger partial charge >= 0.3 is 5.97 Å². The summed E-state index contributed by atoms with van der Waals surface area (Å²) >= 11 is 0. The summed E-state index contributed by atoms with van der Waals surface area (Å²) in [5, 5.41) is 8.72. The number of carbonyl (C=O) groups is 2. The predicted molar refractivity (Wildman–Crippen MR) is 106 cm³/mol. The number of carboxylic acid groups (broad SMARTS) is 1. The van der Waals surface area contributed by atoms with Crippen molar-refractivity contribution in [3.05, 3.63) is 76.9 Å². The van der Waals surface area contributed by atoms with Gasteiger partial charge < -0.3 is 10.0 Å². The first-order chi connectivity index (χ1) is 13.1. The summed E-state index contributed by atoms with van der Waals surface area (Å²) in [5.74, 6) is -1.07. The van der Waals surface area contributed by atoms with Crippen LogP contribution in [-0.2, 0) is 22.4 Å². The zero-order chi connectivity index (χ0) is 19.2. The third-order valence-electron chi connectivity index (χ3n) is 5.07. The zero-order valence-corrected chi connectivity index (χ0v) is 15.6. The van der Waals surface area contributed by atoms with Crippen molar-refractivity contribution in [3.8, 4) is 0 Å². The SMILES string of the molecule is CN(CCC=C1c2ccccc2CCc2ccccc21)C(=O)CCC(=O)O. The Morgan fingerprint density at radius 3 is 2.07 bits per heavy atom. The normalized spacial score (nSPS) is 12.6. The van der Waals surface area contributed by atoms with Crippen molar-refractivity contribution >= 4 is 17.4 Å². The van der Waals surface area contributed by atoms with Crippen molar-refractivity contribution < 1.29 is 14.7 Å². The molecule has 0 radical (unpaired) electrons. The van der Waals surface area contributed by atoms with Crippen LogP contribution >= 0.6 is 0 Å². The lowest BCUT2D eigenvalue weighted by Gasteiger charge is -2.17. The molecule has 1 aliphatic rings. The van der Waals surface area contributed by atoms with E-state index in [1.165, 1.54) is 27.8 Å². The molecule has 0 unspecified atom stereocenters. The van der Waals surface area contributed by atoms with E-state index in [1.54, 1.807) is 11.9 Å². The number of carboxylic acids is 1. The number of rotatable bonds is 6. The lowest BCUT2D eigenvalue weighted by Crippen LogP contribution is -2.27. The highest BCUT2D eigenvalue weighted by Gasteiger charge is 2.17. The first-order valence-corrected chi connectivity index (χ1v) is 9.38. The number of amides is 1. The molecule has 3 rings (SSSR count). The van der Waals surface area contributed by atoms with Gasteiger partial charge in [0.2, 0.25) is 5.91 Å². The second kappa shape index (κ2) is 8.67. The molecule has 1 aliphatic carbocycles. The van der Waals surface area contributed by atoms with Crippen LogP contribution in [0.25, 0.3) is 5.57 Å². The van der Waals surface area contributed by atoms with Crippen molar-refractivity contribution in [2.24, 2.45) is 0 Å². The molecular weight excluding hydrogens is 338 g/mol. The summed E-state index contributed by atoms with van der Waals surface area (Å²) in [4.78, 5) is 24.3. The minimum absolute atomic E-state index is 0.0497. The molecule has 0 aromatic heterocycles. The average molecular weight is 363 g/mol. The van der Waals surface area contributed by atoms with Crippen LogP contribution in [0.5, 0.6) is 0 Å². The molecule has 0 bridgehead atoms. The molecule has 1 N–H and O–H groups in total. The maximum Gasteiger partial charge on any atom is 0.303 e. The van der Waals surface area contributed by atoms with E-state index in [1.807, 2.05) is 0 Å². The molecule has 140 valence electrons. The third-order valence-corrected chi connectivity index (χ3v) is 5.07. The number of nitrogens with zero attached hydrogens (tertiary/aromatic N) is 1. The molecule has 4 nitrogen and oxygen atoms in total. The van der Waals surface area contributed by atoms with Gasteiger partial charge in [-0.2, -0.15) is 0 Å². The smallest absolute Gasteiger partial charge is 0.303 e. The minimum atomic E-state index is -0.939. The summed E-state index contributed by atoms with van der Waals surface area (Å²) in [6.07, 6.45) is 4.92. The summed E-state index contributed by atoms with van der Waals surface area (Å²) in [6.45, 7) is 0.576. The largest absolute Gasteiger partial charge is 0.481 e. The van der Waals surface area contributed by atoms with E-state index < -0.39 is 5.97 Å². The topological polar surface area (TPSA) is 57.6 Å². The molecule has 0 aliphatic heterocycles. The highest BCUT2D eigenvalue weighted by atomic mass is 16.4. The Morgan fingerprint density at radius 2 is 1.52 bits per heavy atom. The number of hydrogen-bond acceptors (Lipinski definition) is 2. The van der Waals surface area contributed by atoms with Gasteiger partial charge in [-0.1, -0.05) is 54.6 Å². The minimum Gasteiger partial charge on any atom is -0.481 e. The molecule has 0 atom stereocenters. The van der Waals surface area contributed by atoms with Crippen molar-refractivity contribution in [2.75, 3.05) is 13.6 Å². The van der Waals surface area contributed by atoms with Gasteiger partial charge in [0.1, 0.15) is 0 Å². The van der Waals surface area contributed by atoms with Crippen molar-refractivity contribution in [2.45, 2.75) is 32.1 Å². The number of carbonyl (C=O) groups excluding carboxylic acids is 1. The van der Waals surface area contributed by atoms with E-state index in [-0.39, 0.29) is 18.7 Å². The molecule has 0 spiro atoms. The van der Waals surface area contributed by atoms with E-state index in [4.69, 9.17) is 5.11 Å². The molecule has 4 heteroatoms. The third kappa shape index (κ3) is 4.64. The van der Waals surface area contributed by atoms with Gasteiger partial charge in [0.15, 0.2) is 0 Å². The standard InChI is InChI=1S/C23H25NO3/c1-24(22(25)14-15-23(26)27)16-6-11-21-19-9-4-2-7-17(19)12-13-18-8-3-5-10-20(18)21/h2-5,7-11H,6,12-16H2,1H3,(H,26,27). The molecule has 0 fully saturated rings.